The Bertz CT molecular complexity index is 784. The maximum atomic E-state index is 10.0. The van der Waals surface area contributed by atoms with E-state index in [-0.39, 0.29) is 10.8 Å². The van der Waals surface area contributed by atoms with Gasteiger partial charge in [-0.1, -0.05) is 23.7 Å². The molecule has 2 aromatic carbocycles. The summed E-state index contributed by atoms with van der Waals surface area (Å²) >= 11 is 9.56. The highest BCUT2D eigenvalue weighted by Crippen LogP contribution is 2.44. The summed E-state index contributed by atoms with van der Waals surface area (Å²) in [6.07, 6.45) is 0. The predicted molar refractivity (Wildman–Crippen MR) is 87.1 cm³/mol. The molecule has 2 N–H and O–H groups in total. The van der Waals surface area contributed by atoms with Crippen molar-refractivity contribution in [3.05, 3.63) is 39.8 Å². The molecule has 1 aromatic heterocycles. The van der Waals surface area contributed by atoms with Crippen LogP contribution >= 0.6 is 27.5 Å². The second-order valence-electron chi connectivity index (χ2n) is 4.43. The Labute approximate surface area is 134 Å². The molecular formula is C15H12BrClN2O2. The van der Waals surface area contributed by atoms with Crippen molar-refractivity contribution in [3.63, 3.8) is 0 Å². The third-order valence-electron chi connectivity index (χ3n) is 3.09. The van der Waals surface area contributed by atoms with Crippen LogP contribution in [0.15, 0.2) is 34.8 Å². The van der Waals surface area contributed by atoms with Gasteiger partial charge in [-0.15, -0.1) is 0 Å². The number of rotatable bonds is 3. The van der Waals surface area contributed by atoms with E-state index in [0.29, 0.717) is 22.7 Å². The van der Waals surface area contributed by atoms with Gasteiger partial charge in [0.15, 0.2) is 11.5 Å². The van der Waals surface area contributed by atoms with Crippen LogP contribution in [0.4, 0.5) is 0 Å². The molecule has 0 unspecified atom stereocenters. The van der Waals surface area contributed by atoms with Crippen molar-refractivity contribution in [3.8, 4) is 22.9 Å². The van der Waals surface area contributed by atoms with E-state index in [2.05, 4.69) is 25.9 Å². The molecule has 0 saturated heterocycles. The van der Waals surface area contributed by atoms with Crippen molar-refractivity contribution in [2.24, 2.45) is 0 Å². The molecule has 0 radical (unpaired) electrons. The van der Waals surface area contributed by atoms with Gasteiger partial charge in [-0.25, -0.2) is 4.98 Å². The fourth-order valence-corrected chi connectivity index (χ4v) is 2.80. The second-order valence-corrected chi connectivity index (χ2v) is 5.61. The lowest BCUT2D eigenvalue weighted by Crippen LogP contribution is -1.94. The minimum atomic E-state index is -0.0785. The van der Waals surface area contributed by atoms with Crippen molar-refractivity contribution < 1.29 is 9.84 Å². The van der Waals surface area contributed by atoms with E-state index < -0.39 is 0 Å². The molecule has 0 aliphatic rings. The van der Waals surface area contributed by atoms with Crippen LogP contribution in [0.2, 0.25) is 5.02 Å². The molecule has 6 heteroatoms. The molecule has 1 heterocycles. The number of hydrogen-bond donors (Lipinski definition) is 2. The molecule has 3 aromatic rings. The molecule has 0 aliphatic heterocycles. The van der Waals surface area contributed by atoms with E-state index in [1.54, 1.807) is 6.07 Å². The minimum absolute atomic E-state index is 0.0785. The van der Waals surface area contributed by atoms with E-state index in [9.17, 15) is 5.11 Å². The third kappa shape index (κ3) is 2.47. The largest absolute Gasteiger partial charge is 0.503 e. The van der Waals surface area contributed by atoms with Crippen molar-refractivity contribution >= 4 is 38.6 Å². The summed E-state index contributed by atoms with van der Waals surface area (Å²) in [4.78, 5) is 7.77. The van der Waals surface area contributed by atoms with E-state index >= 15 is 0 Å². The highest BCUT2D eigenvalue weighted by molar-refractivity contribution is 9.10. The molecule has 21 heavy (non-hydrogen) atoms. The monoisotopic (exact) mass is 366 g/mol. The maximum absolute atomic E-state index is 10.0. The number of fused-ring (bicyclic) bond motifs is 1. The third-order valence-corrected chi connectivity index (χ3v) is 4.51. The molecule has 0 bridgehead atoms. The second kappa shape index (κ2) is 5.58. The van der Waals surface area contributed by atoms with Gasteiger partial charge in [0.1, 0.15) is 10.8 Å². The average Bonchev–Trinajstić information content (AvgIpc) is 2.91. The van der Waals surface area contributed by atoms with Crippen LogP contribution in [0.5, 0.6) is 11.5 Å². The summed E-state index contributed by atoms with van der Waals surface area (Å²) in [5, 5.41) is 10.2. The molecule has 0 atom stereocenters. The number of nitrogens with one attached hydrogen (secondary N) is 1. The maximum Gasteiger partial charge on any atom is 0.177 e. The molecule has 0 aliphatic carbocycles. The summed E-state index contributed by atoms with van der Waals surface area (Å²) in [6.45, 7) is 2.28. The Kier molecular flexibility index (Phi) is 3.78. The standard InChI is InChI=1S/C15H12BrClN2O2/c1-2-21-11-7-8(12(16)13(17)14(11)20)15-18-9-5-3-4-6-10(9)19-15/h3-7,20H,2H2,1H3,(H,18,19). The number of aromatic hydroxyl groups is 1. The van der Waals surface area contributed by atoms with Crippen molar-refractivity contribution in [1.82, 2.24) is 9.97 Å². The predicted octanol–water partition coefficient (Wildman–Crippen LogP) is 4.75. The van der Waals surface area contributed by atoms with Gasteiger partial charge in [-0.3, -0.25) is 0 Å². The highest BCUT2D eigenvalue weighted by atomic mass is 79.9. The van der Waals surface area contributed by atoms with Crippen molar-refractivity contribution in [1.29, 1.82) is 0 Å². The zero-order valence-electron chi connectivity index (χ0n) is 11.2. The van der Waals surface area contributed by atoms with Crippen molar-refractivity contribution in [2.45, 2.75) is 6.92 Å². The lowest BCUT2D eigenvalue weighted by molar-refractivity contribution is 0.318. The number of nitrogens with zero attached hydrogens (tertiary/aromatic N) is 1. The number of halogens is 2. The molecule has 3 rings (SSSR count). The molecular weight excluding hydrogens is 356 g/mol. The zero-order valence-corrected chi connectivity index (χ0v) is 13.5. The van der Waals surface area contributed by atoms with Gasteiger partial charge in [-0.2, -0.15) is 0 Å². The van der Waals surface area contributed by atoms with E-state index in [1.807, 2.05) is 31.2 Å². The number of hydrogen-bond acceptors (Lipinski definition) is 3. The fourth-order valence-electron chi connectivity index (χ4n) is 2.11. The van der Waals surface area contributed by atoms with Gasteiger partial charge in [-0.05, 0) is 41.1 Å². The Morgan fingerprint density at radius 2 is 2.14 bits per heavy atom. The number of imidazole rings is 1. The number of benzene rings is 2. The van der Waals surface area contributed by atoms with E-state index in [0.717, 1.165) is 16.6 Å². The minimum Gasteiger partial charge on any atom is -0.503 e. The van der Waals surface area contributed by atoms with Crippen molar-refractivity contribution in [2.75, 3.05) is 6.61 Å². The number of phenols is 1. The van der Waals surface area contributed by atoms with Gasteiger partial charge in [0.25, 0.3) is 0 Å². The van der Waals surface area contributed by atoms with Gasteiger partial charge >= 0.3 is 0 Å². The van der Waals surface area contributed by atoms with Gasteiger partial charge in [0, 0.05) is 5.56 Å². The van der Waals surface area contributed by atoms with Gasteiger partial charge < -0.3 is 14.8 Å². The number of H-pyrrole nitrogens is 1. The molecule has 0 spiro atoms. The number of para-hydroxylation sites is 2. The zero-order chi connectivity index (χ0) is 15.0. The van der Waals surface area contributed by atoms with Crippen LogP contribution in [-0.4, -0.2) is 21.7 Å². The van der Waals surface area contributed by atoms with Crippen LogP contribution in [0, 0.1) is 0 Å². The number of ether oxygens (including phenoxy) is 1. The summed E-state index contributed by atoms with van der Waals surface area (Å²) < 4.78 is 5.99. The number of aromatic amines is 1. The number of phenolic OH excluding ortho intramolecular Hbond substituents is 1. The topological polar surface area (TPSA) is 58.1 Å². The molecule has 0 fully saturated rings. The van der Waals surface area contributed by atoms with Crippen LogP contribution in [-0.2, 0) is 0 Å². The summed E-state index contributed by atoms with van der Waals surface area (Å²) in [5.74, 6) is 0.914. The molecule has 0 saturated carbocycles. The summed E-state index contributed by atoms with van der Waals surface area (Å²) in [6, 6.07) is 9.46. The van der Waals surface area contributed by atoms with Crippen LogP contribution in [0.25, 0.3) is 22.4 Å². The Balaban J connectivity index is 2.21. The average molecular weight is 368 g/mol. The quantitative estimate of drug-likeness (QED) is 0.702. The van der Waals surface area contributed by atoms with Crippen LogP contribution in [0.3, 0.4) is 0 Å². The molecule has 0 amide bonds. The lowest BCUT2D eigenvalue weighted by atomic mass is 10.2. The number of aromatic nitrogens is 2. The smallest absolute Gasteiger partial charge is 0.177 e. The van der Waals surface area contributed by atoms with E-state index in [1.165, 1.54) is 0 Å². The van der Waals surface area contributed by atoms with Gasteiger partial charge in [0.2, 0.25) is 0 Å². The van der Waals surface area contributed by atoms with E-state index in [4.69, 9.17) is 16.3 Å². The first-order valence-electron chi connectivity index (χ1n) is 6.40. The molecule has 108 valence electrons. The first-order valence-corrected chi connectivity index (χ1v) is 7.57. The Morgan fingerprint density at radius 3 is 2.86 bits per heavy atom. The highest BCUT2D eigenvalue weighted by Gasteiger charge is 2.18. The molecule has 4 nitrogen and oxygen atoms in total. The van der Waals surface area contributed by atoms with Gasteiger partial charge in [0.05, 0.1) is 22.1 Å². The first-order chi connectivity index (χ1) is 10.1. The Hall–Kier alpha value is -1.72. The SMILES string of the molecule is CCOc1cc(-c2nc3ccccc3[nH]2)c(Br)c(Cl)c1O. The lowest BCUT2D eigenvalue weighted by Gasteiger charge is -2.11. The summed E-state index contributed by atoms with van der Waals surface area (Å²) in [5.41, 5.74) is 2.53. The first kappa shape index (κ1) is 14.2. The fraction of sp³-hybridized carbons (Fsp3) is 0.133. The van der Waals surface area contributed by atoms with Crippen LogP contribution < -0.4 is 4.74 Å². The normalized spacial score (nSPS) is 11.0. The summed E-state index contributed by atoms with van der Waals surface area (Å²) in [7, 11) is 0. The van der Waals surface area contributed by atoms with Crippen LogP contribution in [0.1, 0.15) is 6.92 Å². The Morgan fingerprint density at radius 1 is 1.38 bits per heavy atom.